The average molecular weight is 322 g/mol. The molecule has 0 saturated heterocycles. The minimum absolute atomic E-state index is 0.111. The maximum absolute atomic E-state index is 12.5. The van der Waals surface area contributed by atoms with Crippen LogP contribution in [-0.2, 0) is 6.42 Å². The molecule has 0 saturated carbocycles. The molecular formula is C17H16F2O4. The fraction of sp³-hybridized carbons (Fsp3) is 0.235. The Balaban J connectivity index is 2.36. The zero-order valence-corrected chi connectivity index (χ0v) is 12.4. The topological polar surface area (TPSA) is 66.8 Å². The van der Waals surface area contributed by atoms with Crippen molar-refractivity contribution in [2.24, 2.45) is 0 Å². The minimum Gasteiger partial charge on any atom is -0.478 e. The summed E-state index contributed by atoms with van der Waals surface area (Å²) in [5.41, 5.74) is 1.58. The van der Waals surface area contributed by atoms with E-state index in [9.17, 15) is 23.8 Å². The number of aliphatic hydroxyl groups is 1. The second-order valence-corrected chi connectivity index (χ2v) is 5.07. The summed E-state index contributed by atoms with van der Waals surface area (Å²) in [6, 6.07) is 11.0. The Labute approximate surface area is 132 Å². The first-order valence-corrected chi connectivity index (χ1v) is 6.95. The largest absolute Gasteiger partial charge is 0.478 e. The van der Waals surface area contributed by atoms with E-state index in [1.807, 2.05) is 0 Å². The Morgan fingerprint density at radius 3 is 2.52 bits per heavy atom. The molecule has 0 aliphatic rings. The molecule has 0 aliphatic heterocycles. The molecule has 0 radical (unpaired) electrons. The quantitative estimate of drug-likeness (QED) is 0.852. The molecule has 0 fully saturated rings. The van der Waals surface area contributed by atoms with E-state index in [-0.39, 0.29) is 23.3 Å². The van der Waals surface area contributed by atoms with Gasteiger partial charge in [-0.05, 0) is 36.6 Å². The number of carboxylic acid groups (broad SMARTS) is 1. The van der Waals surface area contributed by atoms with Gasteiger partial charge in [-0.3, -0.25) is 0 Å². The van der Waals surface area contributed by atoms with Crippen LogP contribution in [0.25, 0.3) is 0 Å². The van der Waals surface area contributed by atoms with Gasteiger partial charge in [0.05, 0.1) is 11.7 Å². The molecule has 0 heterocycles. The number of ether oxygens (including phenoxy) is 1. The highest BCUT2D eigenvalue weighted by Gasteiger charge is 2.15. The van der Waals surface area contributed by atoms with Crippen LogP contribution in [0.5, 0.6) is 5.75 Å². The summed E-state index contributed by atoms with van der Waals surface area (Å²) in [5, 5.41) is 18.8. The van der Waals surface area contributed by atoms with E-state index >= 15 is 0 Å². The lowest BCUT2D eigenvalue weighted by Crippen LogP contribution is -2.07. The van der Waals surface area contributed by atoms with Gasteiger partial charge in [0, 0.05) is 5.56 Å². The van der Waals surface area contributed by atoms with E-state index in [1.54, 1.807) is 24.3 Å². The first-order valence-electron chi connectivity index (χ1n) is 6.95. The summed E-state index contributed by atoms with van der Waals surface area (Å²) < 4.78 is 29.5. The van der Waals surface area contributed by atoms with Crippen LogP contribution in [0.4, 0.5) is 8.78 Å². The van der Waals surface area contributed by atoms with Gasteiger partial charge in [0.25, 0.3) is 0 Å². The van der Waals surface area contributed by atoms with Crippen molar-refractivity contribution < 1.29 is 28.5 Å². The van der Waals surface area contributed by atoms with Gasteiger partial charge < -0.3 is 14.9 Å². The summed E-state index contributed by atoms with van der Waals surface area (Å²) >= 11 is 0. The molecule has 0 bridgehead atoms. The molecule has 1 atom stereocenters. The van der Waals surface area contributed by atoms with Crippen molar-refractivity contribution in [2.75, 3.05) is 0 Å². The third-order valence-corrected chi connectivity index (χ3v) is 3.39. The molecule has 0 unspecified atom stereocenters. The first-order chi connectivity index (χ1) is 10.9. The fourth-order valence-electron chi connectivity index (χ4n) is 2.33. The zero-order valence-electron chi connectivity index (χ0n) is 12.4. The minimum atomic E-state index is -3.01. The van der Waals surface area contributed by atoms with Crippen molar-refractivity contribution in [1.82, 2.24) is 0 Å². The number of carboxylic acids is 1. The Hall–Kier alpha value is -2.47. The monoisotopic (exact) mass is 322 g/mol. The molecule has 122 valence electrons. The third-order valence-electron chi connectivity index (χ3n) is 3.39. The standard InChI is InChI=1S/C17H16F2O4/c1-10(20)13-7-6-11(9-15(13)23-17(18)19)8-12-4-2-3-5-14(12)16(21)22/h2-7,9-10,17,20H,8H2,1H3,(H,21,22)/t10-/m0/s1. The summed E-state index contributed by atoms with van der Waals surface area (Å²) in [6.45, 7) is -1.55. The molecule has 23 heavy (non-hydrogen) atoms. The maximum Gasteiger partial charge on any atom is 0.387 e. The highest BCUT2D eigenvalue weighted by molar-refractivity contribution is 5.89. The van der Waals surface area contributed by atoms with Gasteiger partial charge in [0.1, 0.15) is 5.75 Å². The Bertz CT molecular complexity index is 699. The van der Waals surface area contributed by atoms with Crippen LogP contribution in [0.1, 0.15) is 40.1 Å². The number of benzene rings is 2. The van der Waals surface area contributed by atoms with Crippen LogP contribution in [0.3, 0.4) is 0 Å². The molecule has 2 N–H and O–H groups in total. The number of alkyl halides is 2. The zero-order chi connectivity index (χ0) is 17.0. The van der Waals surface area contributed by atoms with Crippen LogP contribution in [0.15, 0.2) is 42.5 Å². The van der Waals surface area contributed by atoms with Crippen LogP contribution in [0, 0.1) is 0 Å². The Morgan fingerprint density at radius 2 is 1.91 bits per heavy atom. The molecule has 0 aromatic heterocycles. The normalized spacial score (nSPS) is 12.2. The highest BCUT2D eigenvalue weighted by atomic mass is 19.3. The van der Waals surface area contributed by atoms with Gasteiger partial charge >= 0.3 is 12.6 Å². The van der Waals surface area contributed by atoms with Crippen molar-refractivity contribution in [3.63, 3.8) is 0 Å². The number of carbonyl (C=O) groups is 1. The summed E-state index contributed by atoms with van der Waals surface area (Å²) in [5.74, 6) is -1.16. The van der Waals surface area contributed by atoms with Crippen LogP contribution in [-0.4, -0.2) is 22.8 Å². The average Bonchev–Trinajstić information content (AvgIpc) is 2.46. The first kappa shape index (κ1) is 16.9. The van der Waals surface area contributed by atoms with E-state index in [1.165, 1.54) is 25.1 Å². The van der Waals surface area contributed by atoms with Gasteiger partial charge in [0.15, 0.2) is 0 Å². The molecule has 4 nitrogen and oxygen atoms in total. The van der Waals surface area contributed by atoms with Crippen molar-refractivity contribution in [2.45, 2.75) is 26.1 Å². The van der Waals surface area contributed by atoms with E-state index in [4.69, 9.17) is 0 Å². The number of hydrogen-bond donors (Lipinski definition) is 2. The summed E-state index contributed by atoms with van der Waals surface area (Å²) in [6.07, 6.45) is -0.702. The number of aliphatic hydroxyl groups excluding tert-OH is 1. The van der Waals surface area contributed by atoms with Crippen LogP contribution >= 0.6 is 0 Å². The molecule has 0 amide bonds. The molecule has 2 rings (SSSR count). The molecule has 2 aromatic carbocycles. The van der Waals surface area contributed by atoms with E-state index in [0.29, 0.717) is 11.1 Å². The van der Waals surface area contributed by atoms with Gasteiger partial charge in [0.2, 0.25) is 0 Å². The lowest BCUT2D eigenvalue weighted by molar-refractivity contribution is -0.0514. The van der Waals surface area contributed by atoms with Crippen LogP contribution < -0.4 is 4.74 Å². The van der Waals surface area contributed by atoms with Crippen LogP contribution in [0.2, 0.25) is 0 Å². The van der Waals surface area contributed by atoms with Gasteiger partial charge in [-0.15, -0.1) is 0 Å². The predicted molar refractivity (Wildman–Crippen MR) is 79.9 cm³/mol. The molecule has 2 aromatic rings. The smallest absolute Gasteiger partial charge is 0.387 e. The second-order valence-electron chi connectivity index (χ2n) is 5.07. The van der Waals surface area contributed by atoms with E-state index < -0.39 is 18.7 Å². The number of aromatic carboxylic acids is 1. The Kier molecular flexibility index (Phi) is 5.28. The van der Waals surface area contributed by atoms with E-state index in [0.717, 1.165) is 0 Å². The molecule has 0 spiro atoms. The number of halogens is 2. The summed E-state index contributed by atoms with van der Waals surface area (Å²) in [4.78, 5) is 11.2. The fourth-order valence-corrected chi connectivity index (χ4v) is 2.33. The van der Waals surface area contributed by atoms with Gasteiger partial charge in [-0.1, -0.05) is 30.3 Å². The van der Waals surface area contributed by atoms with E-state index in [2.05, 4.69) is 4.74 Å². The molecule has 6 heteroatoms. The van der Waals surface area contributed by atoms with Gasteiger partial charge in [-0.2, -0.15) is 8.78 Å². The van der Waals surface area contributed by atoms with Crippen molar-refractivity contribution in [3.05, 3.63) is 64.7 Å². The number of hydrogen-bond acceptors (Lipinski definition) is 3. The molecule has 0 aliphatic carbocycles. The third kappa shape index (κ3) is 4.26. The lowest BCUT2D eigenvalue weighted by atomic mass is 9.98. The van der Waals surface area contributed by atoms with Crippen molar-refractivity contribution in [3.8, 4) is 5.75 Å². The van der Waals surface area contributed by atoms with Crippen molar-refractivity contribution >= 4 is 5.97 Å². The Morgan fingerprint density at radius 1 is 1.22 bits per heavy atom. The highest BCUT2D eigenvalue weighted by Crippen LogP contribution is 2.29. The van der Waals surface area contributed by atoms with Gasteiger partial charge in [-0.25, -0.2) is 4.79 Å². The number of rotatable bonds is 6. The second kappa shape index (κ2) is 7.19. The predicted octanol–water partition coefficient (Wildman–Crippen LogP) is 3.63. The molecular weight excluding hydrogens is 306 g/mol. The SMILES string of the molecule is C[C@H](O)c1ccc(Cc2ccccc2C(=O)O)cc1OC(F)F. The lowest BCUT2D eigenvalue weighted by Gasteiger charge is -2.15. The maximum atomic E-state index is 12.5. The summed E-state index contributed by atoms with van der Waals surface area (Å²) in [7, 11) is 0. The van der Waals surface area contributed by atoms with Crippen molar-refractivity contribution in [1.29, 1.82) is 0 Å².